The van der Waals surface area contributed by atoms with Crippen molar-refractivity contribution in [1.29, 1.82) is 0 Å². The molecule has 0 aromatic heterocycles. The number of hydrogen-bond acceptors (Lipinski definition) is 3. The van der Waals surface area contributed by atoms with Crippen LogP contribution in [0.5, 0.6) is 0 Å². The topological polar surface area (TPSA) is 98.7 Å². The summed E-state index contributed by atoms with van der Waals surface area (Å²) >= 11 is 11.0. The first kappa shape index (κ1) is 16.7. The Bertz CT molecular complexity index is 763. The normalized spacial score (nSPS) is 9.96. The average Bonchev–Trinajstić information content (AvgIpc) is 2.46. The second-order valence-corrected chi connectivity index (χ2v) is 5.34. The fourth-order valence-corrected chi connectivity index (χ4v) is 2.23. The Balaban J connectivity index is 2.20. The molecule has 118 valence electrons. The summed E-state index contributed by atoms with van der Waals surface area (Å²) in [4.78, 5) is 22.1. The Kier molecular flexibility index (Phi) is 5.15. The maximum atomic E-state index is 11.1. The van der Waals surface area contributed by atoms with E-state index in [2.05, 4.69) is 10.6 Å². The summed E-state index contributed by atoms with van der Waals surface area (Å²) in [5.41, 5.74) is 0.584. The van der Waals surface area contributed by atoms with E-state index in [1.54, 1.807) is 24.3 Å². The third-order valence-corrected chi connectivity index (χ3v) is 3.21. The smallest absolute Gasteiger partial charge is 0.335 e. The van der Waals surface area contributed by atoms with Crippen LogP contribution in [0.2, 0.25) is 5.02 Å². The van der Waals surface area contributed by atoms with Crippen molar-refractivity contribution in [1.82, 2.24) is 0 Å². The van der Waals surface area contributed by atoms with Crippen LogP contribution in [0.1, 0.15) is 20.7 Å². The molecule has 0 heterocycles. The largest absolute Gasteiger partial charge is 0.478 e. The molecule has 2 aromatic carbocycles. The number of carbonyl (C=O) groups is 2. The van der Waals surface area contributed by atoms with Gasteiger partial charge in [0.05, 0.1) is 11.1 Å². The molecule has 0 atom stereocenters. The van der Waals surface area contributed by atoms with Crippen LogP contribution < -0.4 is 10.6 Å². The van der Waals surface area contributed by atoms with Gasteiger partial charge in [0.15, 0.2) is 5.11 Å². The standard InChI is InChI=1S/C15H11ClN2O4S/c16-10-2-1-3-11(7-10)17-15(23)18-12-5-8(13(19)20)4-9(6-12)14(21)22/h1-7H,(H,19,20)(H,21,22)(H2,17,18,23). The minimum atomic E-state index is -1.23. The summed E-state index contributed by atoms with van der Waals surface area (Å²) < 4.78 is 0. The minimum Gasteiger partial charge on any atom is -0.478 e. The van der Waals surface area contributed by atoms with E-state index in [1.165, 1.54) is 12.1 Å². The first-order valence-electron chi connectivity index (χ1n) is 6.30. The molecule has 23 heavy (non-hydrogen) atoms. The van der Waals surface area contributed by atoms with E-state index >= 15 is 0 Å². The number of rotatable bonds is 4. The first-order chi connectivity index (χ1) is 10.8. The molecule has 8 heteroatoms. The van der Waals surface area contributed by atoms with Crippen LogP contribution in [0.15, 0.2) is 42.5 Å². The fourth-order valence-electron chi connectivity index (χ4n) is 1.81. The zero-order chi connectivity index (χ0) is 17.0. The molecule has 0 aliphatic heterocycles. The van der Waals surface area contributed by atoms with Gasteiger partial charge >= 0.3 is 11.9 Å². The number of benzene rings is 2. The van der Waals surface area contributed by atoms with Gasteiger partial charge in [0, 0.05) is 16.4 Å². The third-order valence-electron chi connectivity index (χ3n) is 2.77. The average molecular weight is 351 g/mol. The molecule has 2 aromatic rings. The second-order valence-electron chi connectivity index (χ2n) is 4.50. The van der Waals surface area contributed by atoms with Crippen molar-refractivity contribution in [3.63, 3.8) is 0 Å². The van der Waals surface area contributed by atoms with E-state index in [1.807, 2.05) is 0 Å². The van der Waals surface area contributed by atoms with Crippen molar-refractivity contribution >= 4 is 52.2 Å². The lowest BCUT2D eigenvalue weighted by Crippen LogP contribution is -2.19. The molecule has 0 spiro atoms. The van der Waals surface area contributed by atoms with Gasteiger partial charge in [0.25, 0.3) is 0 Å². The fraction of sp³-hybridized carbons (Fsp3) is 0. The van der Waals surface area contributed by atoms with Crippen molar-refractivity contribution in [2.45, 2.75) is 0 Å². The van der Waals surface area contributed by atoms with Crippen LogP contribution in [0.25, 0.3) is 0 Å². The zero-order valence-electron chi connectivity index (χ0n) is 11.5. The highest BCUT2D eigenvalue weighted by atomic mass is 35.5. The number of nitrogens with one attached hydrogen (secondary N) is 2. The molecule has 0 saturated heterocycles. The van der Waals surface area contributed by atoms with Gasteiger partial charge in [0.1, 0.15) is 0 Å². The summed E-state index contributed by atoms with van der Waals surface area (Å²) in [6, 6.07) is 10.5. The molecule has 0 saturated carbocycles. The number of aromatic carboxylic acids is 2. The quantitative estimate of drug-likeness (QED) is 0.626. The number of anilines is 2. The predicted molar refractivity (Wildman–Crippen MR) is 91.7 cm³/mol. The van der Waals surface area contributed by atoms with E-state index in [0.29, 0.717) is 10.7 Å². The van der Waals surface area contributed by atoms with Gasteiger partial charge in [0.2, 0.25) is 0 Å². The Morgan fingerprint density at radius 2 is 1.48 bits per heavy atom. The van der Waals surface area contributed by atoms with Crippen molar-refractivity contribution in [2.75, 3.05) is 10.6 Å². The van der Waals surface area contributed by atoms with E-state index in [-0.39, 0.29) is 21.9 Å². The van der Waals surface area contributed by atoms with Crippen LogP contribution in [0.3, 0.4) is 0 Å². The van der Waals surface area contributed by atoms with Gasteiger partial charge in [-0.3, -0.25) is 0 Å². The lowest BCUT2D eigenvalue weighted by Gasteiger charge is -2.12. The third kappa shape index (κ3) is 4.67. The van der Waals surface area contributed by atoms with Gasteiger partial charge in [-0.05, 0) is 48.6 Å². The summed E-state index contributed by atoms with van der Waals surface area (Å²) in [5.74, 6) is -2.46. The van der Waals surface area contributed by atoms with Crippen molar-refractivity contribution < 1.29 is 19.8 Å². The summed E-state index contributed by atoms with van der Waals surface area (Å²) in [7, 11) is 0. The SMILES string of the molecule is O=C(O)c1cc(NC(=S)Nc2cccc(Cl)c2)cc(C(=O)O)c1. The van der Waals surface area contributed by atoms with Crippen molar-refractivity contribution in [3.8, 4) is 0 Å². The molecule has 0 aliphatic carbocycles. The molecule has 0 fully saturated rings. The Morgan fingerprint density at radius 3 is 2.00 bits per heavy atom. The van der Waals surface area contributed by atoms with Gasteiger partial charge in [-0.25, -0.2) is 9.59 Å². The van der Waals surface area contributed by atoms with Crippen LogP contribution in [0, 0.1) is 0 Å². The maximum Gasteiger partial charge on any atom is 0.335 e. The van der Waals surface area contributed by atoms with Crippen LogP contribution in [-0.4, -0.2) is 27.3 Å². The molecule has 0 bridgehead atoms. The number of thiocarbonyl (C=S) groups is 1. The molecule has 2 rings (SSSR count). The predicted octanol–water partition coefficient (Wildman–Crippen LogP) is 3.55. The summed E-state index contributed by atoms with van der Waals surface area (Å²) in [6.45, 7) is 0. The lowest BCUT2D eigenvalue weighted by molar-refractivity contribution is 0.0696. The highest BCUT2D eigenvalue weighted by Gasteiger charge is 2.12. The number of carboxylic acids is 2. The number of halogens is 1. The summed E-state index contributed by atoms with van der Waals surface area (Å²) in [5, 5.41) is 24.4. The monoisotopic (exact) mass is 350 g/mol. The maximum absolute atomic E-state index is 11.1. The van der Waals surface area contributed by atoms with Gasteiger partial charge in [-0.1, -0.05) is 17.7 Å². The summed E-state index contributed by atoms with van der Waals surface area (Å²) in [6.07, 6.45) is 0. The number of hydrogen-bond donors (Lipinski definition) is 4. The van der Waals surface area contributed by atoms with E-state index < -0.39 is 11.9 Å². The molecule has 0 amide bonds. The Morgan fingerprint density at radius 1 is 0.913 bits per heavy atom. The van der Waals surface area contributed by atoms with Gasteiger partial charge in [-0.15, -0.1) is 0 Å². The van der Waals surface area contributed by atoms with Crippen molar-refractivity contribution in [3.05, 3.63) is 58.6 Å². The van der Waals surface area contributed by atoms with E-state index in [4.69, 9.17) is 34.0 Å². The molecule has 4 N–H and O–H groups in total. The van der Waals surface area contributed by atoms with Crippen molar-refractivity contribution in [2.24, 2.45) is 0 Å². The molecule has 6 nitrogen and oxygen atoms in total. The van der Waals surface area contributed by atoms with Gasteiger partial charge in [-0.2, -0.15) is 0 Å². The highest BCUT2D eigenvalue weighted by molar-refractivity contribution is 7.80. The Hall–Kier alpha value is -2.64. The highest BCUT2D eigenvalue weighted by Crippen LogP contribution is 2.18. The van der Waals surface area contributed by atoms with Gasteiger partial charge < -0.3 is 20.8 Å². The molecule has 0 aliphatic rings. The molecular weight excluding hydrogens is 340 g/mol. The minimum absolute atomic E-state index is 0.155. The first-order valence-corrected chi connectivity index (χ1v) is 7.09. The molecule has 0 radical (unpaired) electrons. The van der Waals surface area contributed by atoms with Crippen LogP contribution in [-0.2, 0) is 0 Å². The Labute approximate surface area is 141 Å². The van der Waals surface area contributed by atoms with Crippen LogP contribution >= 0.6 is 23.8 Å². The second kappa shape index (κ2) is 7.08. The zero-order valence-corrected chi connectivity index (χ0v) is 13.1. The molecular formula is C15H11ClN2O4S. The van der Waals surface area contributed by atoms with E-state index in [0.717, 1.165) is 6.07 Å². The number of carboxylic acid groups (broad SMARTS) is 2. The molecule has 0 unspecified atom stereocenters. The lowest BCUT2D eigenvalue weighted by atomic mass is 10.1. The van der Waals surface area contributed by atoms with E-state index in [9.17, 15) is 9.59 Å². The van der Waals surface area contributed by atoms with Crippen LogP contribution in [0.4, 0.5) is 11.4 Å².